The minimum atomic E-state index is 0.489. The van der Waals surface area contributed by atoms with Gasteiger partial charge < -0.3 is 9.30 Å². The van der Waals surface area contributed by atoms with E-state index in [0.717, 1.165) is 25.5 Å². The highest BCUT2D eigenvalue weighted by molar-refractivity contribution is 7.07. The van der Waals surface area contributed by atoms with E-state index in [-0.39, 0.29) is 0 Å². The number of likely N-dealkylation sites (tertiary alicyclic amines) is 1. The molecule has 4 heterocycles. The lowest BCUT2D eigenvalue weighted by Crippen LogP contribution is -2.34. The summed E-state index contributed by atoms with van der Waals surface area (Å²) in [5.41, 5.74) is 5.47. The normalized spacial score (nSPS) is 19.0. The summed E-state index contributed by atoms with van der Waals surface area (Å²) in [5.74, 6) is 1.54. The van der Waals surface area contributed by atoms with Gasteiger partial charge in [0.25, 0.3) is 0 Å². The van der Waals surface area contributed by atoms with E-state index in [0.29, 0.717) is 5.92 Å². The maximum absolute atomic E-state index is 4.99. The van der Waals surface area contributed by atoms with Crippen molar-refractivity contribution in [1.82, 2.24) is 19.3 Å². The highest BCUT2D eigenvalue weighted by Crippen LogP contribution is 2.29. The first-order valence-electron chi connectivity index (χ1n) is 8.45. The Labute approximate surface area is 146 Å². The van der Waals surface area contributed by atoms with E-state index < -0.39 is 0 Å². The molecule has 1 aliphatic rings. The monoisotopic (exact) mass is 341 g/mol. The minimum absolute atomic E-state index is 0.489. The second-order valence-corrected chi connectivity index (χ2v) is 7.46. The highest BCUT2D eigenvalue weighted by atomic mass is 32.1. The molecule has 1 saturated heterocycles. The van der Waals surface area contributed by atoms with Crippen molar-refractivity contribution in [3.63, 3.8) is 0 Å². The number of hydrogen-bond acceptors (Lipinski definition) is 5. The fraction of sp³-hybridized carbons (Fsp3) is 0.444. The molecule has 0 aromatic carbocycles. The van der Waals surface area contributed by atoms with Gasteiger partial charge in [-0.3, -0.25) is 4.90 Å². The summed E-state index contributed by atoms with van der Waals surface area (Å²) >= 11 is 1.67. The Morgan fingerprint density at radius 1 is 1.38 bits per heavy atom. The predicted molar refractivity (Wildman–Crippen MR) is 98.9 cm³/mol. The molecule has 1 aliphatic heterocycles. The number of piperidine rings is 1. The summed E-state index contributed by atoms with van der Waals surface area (Å²) in [7, 11) is 4.13. The molecular formula is C18H23N5S. The summed E-state index contributed by atoms with van der Waals surface area (Å²) in [6.45, 7) is 3.16. The first-order chi connectivity index (χ1) is 11.7. The van der Waals surface area contributed by atoms with Gasteiger partial charge in [-0.25, -0.2) is 9.97 Å². The molecule has 3 aromatic heterocycles. The van der Waals surface area contributed by atoms with E-state index in [9.17, 15) is 0 Å². The highest BCUT2D eigenvalue weighted by Gasteiger charge is 2.24. The van der Waals surface area contributed by atoms with Gasteiger partial charge in [-0.15, -0.1) is 11.3 Å². The van der Waals surface area contributed by atoms with Crippen molar-refractivity contribution in [2.75, 3.05) is 32.1 Å². The third-order valence-corrected chi connectivity index (χ3v) is 5.37. The lowest BCUT2D eigenvalue weighted by atomic mass is 9.95. The molecule has 0 N–H and O–H groups in total. The molecule has 6 heteroatoms. The lowest BCUT2D eigenvalue weighted by Gasteiger charge is -2.32. The van der Waals surface area contributed by atoms with E-state index in [2.05, 4.69) is 63.2 Å². The van der Waals surface area contributed by atoms with Crippen LogP contribution in [0.3, 0.4) is 0 Å². The van der Waals surface area contributed by atoms with Crippen LogP contribution in [0.4, 0.5) is 5.82 Å². The van der Waals surface area contributed by atoms with E-state index in [1.165, 1.54) is 29.7 Å². The van der Waals surface area contributed by atoms with Gasteiger partial charge in [-0.05, 0) is 31.5 Å². The number of rotatable bonds is 4. The van der Waals surface area contributed by atoms with Crippen LogP contribution in [0.25, 0.3) is 5.52 Å². The van der Waals surface area contributed by atoms with E-state index >= 15 is 0 Å². The van der Waals surface area contributed by atoms with Gasteiger partial charge in [-0.2, -0.15) is 0 Å². The molecule has 0 bridgehead atoms. The summed E-state index contributed by atoms with van der Waals surface area (Å²) in [6, 6.07) is 4.21. The zero-order valence-corrected chi connectivity index (χ0v) is 15.0. The van der Waals surface area contributed by atoms with Gasteiger partial charge >= 0.3 is 0 Å². The van der Waals surface area contributed by atoms with Crippen molar-refractivity contribution >= 4 is 22.7 Å². The van der Waals surface area contributed by atoms with Crippen molar-refractivity contribution in [3.8, 4) is 0 Å². The first kappa shape index (κ1) is 15.6. The quantitative estimate of drug-likeness (QED) is 0.730. The Balaban J connectivity index is 1.59. The molecule has 126 valence electrons. The van der Waals surface area contributed by atoms with Crippen LogP contribution < -0.4 is 4.90 Å². The maximum Gasteiger partial charge on any atom is 0.152 e. The molecule has 0 radical (unpaired) electrons. The van der Waals surface area contributed by atoms with E-state index in [4.69, 9.17) is 4.98 Å². The maximum atomic E-state index is 4.99. The summed E-state index contributed by atoms with van der Waals surface area (Å²) in [6.07, 6.45) is 6.75. The Morgan fingerprint density at radius 3 is 3.08 bits per heavy atom. The van der Waals surface area contributed by atoms with Crippen LogP contribution in [0, 0.1) is 0 Å². The topological polar surface area (TPSA) is 36.7 Å². The van der Waals surface area contributed by atoms with Gasteiger partial charge in [0.15, 0.2) is 5.82 Å². The molecule has 24 heavy (non-hydrogen) atoms. The molecule has 3 aromatic rings. The summed E-state index contributed by atoms with van der Waals surface area (Å²) in [5, 5.41) is 2.15. The van der Waals surface area contributed by atoms with Crippen LogP contribution in [0.1, 0.15) is 30.1 Å². The number of thiazole rings is 1. The zero-order valence-electron chi connectivity index (χ0n) is 14.2. The van der Waals surface area contributed by atoms with E-state index in [1.807, 2.05) is 5.51 Å². The lowest BCUT2D eigenvalue weighted by molar-refractivity contribution is 0.196. The van der Waals surface area contributed by atoms with Crippen molar-refractivity contribution in [1.29, 1.82) is 0 Å². The van der Waals surface area contributed by atoms with Crippen molar-refractivity contribution in [3.05, 3.63) is 46.8 Å². The van der Waals surface area contributed by atoms with Gasteiger partial charge in [0, 0.05) is 50.9 Å². The summed E-state index contributed by atoms with van der Waals surface area (Å²) in [4.78, 5) is 14.0. The van der Waals surface area contributed by atoms with Gasteiger partial charge in [0.05, 0.1) is 22.4 Å². The molecule has 0 saturated carbocycles. The van der Waals surface area contributed by atoms with Crippen LogP contribution in [-0.2, 0) is 6.54 Å². The van der Waals surface area contributed by atoms with Gasteiger partial charge in [0.2, 0.25) is 0 Å². The van der Waals surface area contributed by atoms with Crippen LogP contribution >= 0.6 is 11.3 Å². The van der Waals surface area contributed by atoms with E-state index in [1.54, 1.807) is 11.3 Å². The molecule has 0 unspecified atom stereocenters. The largest absolute Gasteiger partial charge is 0.361 e. The van der Waals surface area contributed by atoms with Gasteiger partial charge in [0.1, 0.15) is 0 Å². The molecule has 1 atom stereocenters. The Bertz CT molecular complexity index is 808. The molecule has 0 aliphatic carbocycles. The second kappa shape index (κ2) is 6.53. The number of nitrogens with zero attached hydrogens (tertiary/aromatic N) is 5. The molecule has 0 amide bonds. The summed E-state index contributed by atoms with van der Waals surface area (Å²) < 4.78 is 2.21. The second-order valence-electron chi connectivity index (χ2n) is 6.74. The standard InChI is InChI=1S/C18H23N5S/c1-21(2)18-17-6-4-8-23(17)11-16(20-18)14-5-3-7-22(9-14)10-15-12-24-13-19-15/h4,6,8,11-14H,3,5,7,9-10H2,1-2H3/t14-/m0/s1. The number of aromatic nitrogens is 3. The van der Waals surface area contributed by atoms with Crippen LogP contribution in [0.2, 0.25) is 0 Å². The number of hydrogen-bond donors (Lipinski definition) is 0. The molecule has 0 spiro atoms. The number of fused-ring (bicyclic) bond motifs is 1. The Hall–Kier alpha value is -1.92. The molecule has 5 nitrogen and oxygen atoms in total. The average molecular weight is 341 g/mol. The van der Waals surface area contributed by atoms with Crippen molar-refractivity contribution < 1.29 is 0 Å². The smallest absolute Gasteiger partial charge is 0.152 e. The third-order valence-electron chi connectivity index (χ3n) is 4.73. The molecule has 4 rings (SSSR count). The SMILES string of the molecule is CN(C)c1nc([C@H]2CCCN(Cc3cscn3)C2)cn2cccc12. The van der Waals surface area contributed by atoms with Crippen molar-refractivity contribution in [2.45, 2.75) is 25.3 Å². The predicted octanol–water partition coefficient (Wildman–Crippen LogP) is 3.24. The Kier molecular flexibility index (Phi) is 4.24. The number of anilines is 1. The van der Waals surface area contributed by atoms with Crippen LogP contribution in [-0.4, -0.2) is 46.5 Å². The molecule has 1 fully saturated rings. The fourth-order valence-corrected chi connectivity index (χ4v) is 4.11. The van der Waals surface area contributed by atoms with Crippen molar-refractivity contribution in [2.24, 2.45) is 0 Å². The fourth-order valence-electron chi connectivity index (χ4n) is 3.56. The molecular weight excluding hydrogens is 318 g/mol. The average Bonchev–Trinajstić information content (AvgIpc) is 3.25. The third kappa shape index (κ3) is 3.03. The minimum Gasteiger partial charge on any atom is -0.361 e. The van der Waals surface area contributed by atoms with Crippen LogP contribution in [0.15, 0.2) is 35.4 Å². The first-order valence-corrected chi connectivity index (χ1v) is 9.39. The zero-order chi connectivity index (χ0) is 16.5. The van der Waals surface area contributed by atoms with Gasteiger partial charge in [-0.1, -0.05) is 0 Å². The Morgan fingerprint density at radius 2 is 2.29 bits per heavy atom. The van der Waals surface area contributed by atoms with Crippen LogP contribution in [0.5, 0.6) is 0 Å².